The van der Waals surface area contributed by atoms with E-state index in [0.717, 1.165) is 214 Å². The Labute approximate surface area is 861 Å². The number of benzene rings is 17. The zero-order valence-electron chi connectivity index (χ0n) is 86.8. The van der Waals surface area contributed by atoms with Crippen molar-refractivity contribution in [3.05, 3.63) is 468 Å². The van der Waals surface area contributed by atoms with Crippen LogP contribution in [0.5, 0.6) is 0 Å². The van der Waals surface area contributed by atoms with Crippen LogP contribution in [0.1, 0.15) is 214 Å². The van der Waals surface area contributed by atoms with Crippen LogP contribution in [0, 0.1) is 13.8 Å². The summed E-state index contributed by atoms with van der Waals surface area (Å²) >= 11 is 0. The Balaban J connectivity index is 0.709. The van der Waals surface area contributed by atoms with Crippen molar-refractivity contribution in [1.82, 2.24) is 0 Å². The van der Waals surface area contributed by atoms with Crippen LogP contribution in [0.15, 0.2) is 413 Å². The van der Waals surface area contributed by atoms with Gasteiger partial charge in [-0.1, -0.05) is 239 Å². The van der Waals surface area contributed by atoms with Gasteiger partial charge in [-0.25, -0.2) is 0 Å². The van der Waals surface area contributed by atoms with Crippen LogP contribution in [0.25, 0.3) is 0 Å². The Kier molecular flexibility index (Phi) is 35.1. The molecule has 17 aromatic carbocycles. The van der Waals surface area contributed by atoms with Gasteiger partial charge in [-0.05, 0) is 452 Å². The maximum atomic E-state index is 2.42. The third-order valence-electron chi connectivity index (χ3n) is 28.3. The molecule has 0 aromatic heterocycles. The summed E-state index contributed by atoms with van der Waals surface area (Å²) in [6.07, 6.45) is 27.2. The number of aryl methyl sites for hydroxylation is 10. The second-order valence-corrected chi connectivity index (χ2v) is 39.1. The van der Waals surface area contributed by atoms with E-state index in [1.54, 1.807) is 0 Å². The molecule has 0 fully saturated rings. The highest BCUT2D eigenvalue weighted by Gasteiger charge is 2.26. The fraction of sp³-hybridized carbons (Fsp3) is 0.250. The van der Waals surface area contributed by atoms with Crippen molar-refractivity contribution in [1.29, 1.82) is 0 Å². The standard InChI is InChI=1S/C136H146N8/c1-11-19-27-105-39-59-115(60-40-105)139(116-61-41-106(42-62-116)28-20-12-2)127-83-95-133(96-84-127)143(122-73-53-112(54-74-122)34-26-18-8)132-93-77-124(78-94-132)137(113-55-35-103(9)36-56-113)123-75-89-130(90-76-123)142(121-71-51-111(52-72-121)33-25-17-7)131-91-79-125(80-92-131)138(114-57-37-104(10)38-58-114)126-81-97-134(98-82-126)144(135-99-85-128(86-100-135)140(117-63-43-107(44-64-117)29-21-13-3)118-65-45-108(46-66-118)30-22-14-4)136-101-87-129(88-102-136)141(119-67-47-109(48-68-119)31-23-15-5)120-69-49-110(50-70-120)32-24-16-6/h35-102H,11-34H2,1-10H3. The lowest BCUT2D eigenvalue weighted by atomic mass is 10.1. The number of rotatable bonds is 48. The van der Waals surface area contributed by atoms with Crippen LogP contribution < -0.4 is 39.2 Å². The van der Waals surface area contributed by atoms with Crippen LogP contribution in [-0.4, -0.2) is 0 Å². The molecule has 8 heteroatoms. The maximum absolute atomic E-state index is 2.42. The predicted molar refractivity (Wildman–Crippen MR) is 622 cm³/mol. The van der Waals surface area contributed by atoms with E-state index in [0.29, 0.717) is 0 Å². The van der Waals surface area contributed by atoms with Gasteiger partial charge in [0, 0.05) is 136 Å². The van der Waals surface area contributed by atoms with Gasteiger partial charge in [-0.2, -0.15) is 0 Å². The van der Waals surface area contributed by atoms with Gasteiger partial charge < -0.3 is 39.2 Å². The van der Waals surface area contributed by atoms with Gasteiger partial charge >= 0.3 is 0 Å². The first-order chi connectivity index (χ1) is 70.8. The van der Waals surface area contributed by atoms with E-state index in [1.807, 2.05) is 0 Å². The highest BCUT2D eigenvalue weighted by molar-refractivity contribution is 5.90. The molecule has 0 saturated carbocycles. The summed E-state index contributed by atoms with van der Waals surface area (Å²) in [7, 11) is 0. The Hall–Kier alpha value is -14.9. The molecule has 0 radical (unpaired) electrons. The second-order valence-electron chi connectivity index (χ2n) is 39.1. The number of nitrogens with zero attached hydrogens (tertiary/aromatic N) is 8. The van der Waals surface area contributed by atoms with Crippen molar-refractivity contribution in [3.63, 3.8) is 0 Å². The van der Waals surface area contributed by atoms with Crippen molar-refractivity contribution in [2.45, 2.75) is 223 Å². The molecule has 0 heterocycles. The van der Waals surface area contributed by atoms with Gasteiger partial charge in [-0.15, -0.1) is 0 Å². The van der Waals surface area contributed by atoms with Crippen LogP contribution in [0.3, 0.4) is 0 Å². The molecule has 0 aliphatic carbocycles. The van der Waals surface area contributed by atoms with Gasteiger partial charge in [0.25, 0.3) is 0 Å². The van der Waals surface area contributed by atoms with Crippen LogP contribution in [0.4, 0.5) is 136 Å². The van der Waals surface area contributed by atoms with Gasteiger partial charge in [0.05, 0.1) is 0 Å². The maximum Gasteiger partial charge on any atom is 0.0463 e. The van der Waals surface area contributed by atoms with Crippen LogP contribution in [0.2, 0.25) is 0 Å². The Morgan fingerprint density at radius 2 is 0.174 bits per heavy atom. The molecule has 0 aliphatic heterocycles. The fourth-order valence-electron chi connectivity index (χ4n) is 19.8. The zero-order chi connectivity index (χ0) is 99.3. The first-order valence-corrected chi connectivity index (χ1v) is 53.8. The number of unbranched alkanes of at least 4 members (excludes halogenated alkanes) is 8. The highest BCUT2D eigenvalue weighted by Crippen LogP contribution is 2.49. The van der Waals surface area contributed by atoms with E-state index >= 15 is 0 Å². The van der Waals surface area contributed by atoms with Crippen LogP contribution >= 0.6 is 0 Å². The lowest BCUT2D eigenvalue weighted by Crippen LogP contribution is -2.14. The van der Waals surface area contributed by atoms with E-state index in [-0.39, 0.29) is 0 Å². The zero-order valence-corrected chi connectivity index (χ0v) is 86.8. The lowest BCUT2D eigenvalue weighted by Gasteiger charge is -2.31. The summed E-state index contributed by atoms with van der Waals surface area (Å²) in [5.74, 6) is 0. The van der Waals surface area contributed by atoms with E-state index in [1.165, 1.54) is 133 Å². The fourth-order valence-corrected chi connectivity index (χ4v) is 19.8. The normalized spacial score (nSPS) is 11.2. The molecular formula is C136H146N8. The second kappa shape index (κ2) is 50.2. The summed E-state index contributed by atoms with van der Waals surface area (Å²) in [6.45, 7) is 22.5. The molecule has 0 spiro atoms. The smallest absolute Gasteiger partial charge is 0.0463 e. The van der Waals surface area contributed by atoms with Gasteiger partial charge in [-0.3, -0.25) is 0 Å². The SMILES string of the molecule is CCCCc1ccc(N(c2ccc(CCCC)cc2)c2ccc(N(c3ccc(CCCC)cc3)c3ccc(N(c4ccc(C)cc4)c4ccc(N(c5ccc(CCCC)cc5)c5ccc(N(c6ccc(C)cc6)c6ccc(N(c7ccc(N(c8ccc(CCCC)cc8)c8ccc(CCCC)cc8)cc7)c7ccc(N(c8ccc(CCCC)cc8)c8ccc(CCCC)cc8)cc7)cc6)cc5)cc4)cc3)cc2)cc1. The average molecular weight is 1890 g/mol. The number of hydrogen-bond acceptors (Lipinski definition) is 8. The van der Waals surface area contributed by atoms with E-state index < -0.39 is 0 Å². The van der Waals surface area contributed by atoms with Crippen molar-refractivity contribution in [3.8, 4) is 0 Å². The molecule has 8 nitrogen and oxygen atoms in total. The van der Waals surface area contributed by atoms with Gasteiger partial charge in [0.15, 0.2) is 0 Å². The van der Waals surface area contributed by atoms with Crippen LogP contribution in [-0.2, 0) is 51.4 Å². The number of hydrogen-bond donors (Lipinski definition) is 0. The van der Waals surface area contributed by atoms with Gasteiger partial charge in [0.2, 0.25) is 0 Å². The predicted octanol–water partition coefficient (Wildman–Crippen LogP) is 40.8. The summed E-state index contributed by atoms with van der Waals surface area (Å²) in [6, 6.07) is 156. The highest BCUT2D eigenvalue weighted by atomic mass is 15.2. The largest absolute Gasteiger partial charge is 0.311 e. The van der Waals surface area contributed by atoms with E-state index in [9.17, 15) is 0 Å². The minimum Gasteiger partial charge on any atom is -0.311 e. The third kappa shape index (κ3) is 25.2. The molecule has 0 unspecified atom stereocenters. The molecular weight excluding hydrogens is 1750 g/mol. The van der Waals surface area contributed by atoms with Crippen molar-refractivity contribution < 1.29 is 0 Å². The molecule has 0 aliphatic rings. The van der Waals surface area contributed by atoms with E-state index in [2.05, 4.69) is 521 Å². The summed E-state index contributed by atoms with van der Waals surface area (Å²) in [5, 5.41) is 0. The van der Waals surface area contributed by atoms with Crippen molar-refractivity contribution in [2.24, 2.45) is 0 Å². The summed E-state index contributed by atoms with van der Waals surface area (Å²) in [5.41, 5.74) is 39.3. The minimum absolute atomic E-state index is 1.03. The van der Waals surface area contributed by atoms with Crippen molar-refractivity contribution >= 4 is 136 Å². The molecule has 144 heavy (non-hydrogen) atoms. The first kappa shape index (κ1) is 101. The monoisotopic (exact) mass is 1890 g/mol. The molecule has 0 atom stereocenters. The topological polar surface area (TPSA) is 25.9 Å². The molecule has 17 rings (SSSR count). The summed E-state index contributed by atoms with van der Waals surface area (Å²) in [4.78, 5) is 19.3. The molecule has 17 aromatic rings. The first-order valence-electron chi connectivity index (χ1n) is 53.8. The molecule has 730 valence electrons. The minimum atomic E-state index is 1.03. The summed E-state index contributed by atoms with van der Waals surface area (Å²) < 4.78 is 0. The Morgan fingerprint density at radius 1 is 0.104 bits per heavy atom. The molecule has 0 bridgehead atoms. The van der Waals surface area contributed by atoms with Crippen molar-refractivity contribution in [2.75, 3.05) is 39.2 Å². The van der Waals surface area contributed by atoms with E-state index in [4.69, 9.17) is 0 Å². The molecule has 0 N–H and O–H groups in total. The Morgan fingerprint density at radius 3 is 0.250 bits per heavy atom. The van der Waals surface area contributed by atoms with Gasteiger partial charge in [0.1, 0.15) is 0 Å². The molecule has 0 saturated heterocycles. The lowest BCUT2D eigenvalue weighted by molar-refractivity contribution is 0.795. The number of anilines is 24. The quantitative estimate of drug-likeness (QED) is 0.0372. The third-order valence-corrected chi connectivity index (χ3v) is 28.3. The Bertz CT molecular complexity index is 6450. The molecule has 0 amide bonds. The average Bonchev–Trinajstić information content (AvgIpc) is 0.781.